The first-order chi connectivity index (χ1) is 5.74. The molecule has 1 fully saturated rings. The molecule has 3 atom stereocenters. The fraction of sp³-hybridized carbons (Fsp3) is 1.00. The van der Waals surface area contributed by atoms with Crippen molar-refractivity contribution >= 4 is 0 Å². The summed E-state index contributed by atoms with van der Waals surface area (Å²) in [5.41, 5.74) is 5.49. The number of rotatable bonds is 3. The van der Waals surface area contributed by atoms with Gasteiger partial charge >= 0.3 is 0 Å². The van der Waals surface area contributed by atoms with Gasteiger partial charge in [0.05, 0.1) is 6.10 Å². The van der Waals surface area contributed by atoms with Gasteiger partial charge in [-0.05, 0) is 19.8 Å². The van der Waals surface area contributed by atoms with Gasteiger partial charge in [0.2, 0.25) is 0 Å². The van der Waals surface area contributed by atoms with Gasteiger partial charge in [-0.25, -0.2) is 0 Å². The molecule has 0 spiro atoms. The Morgan fingerprint density at radius 2 is 2.17 bits per heavy atom. The summed E-state index contributed by atoms with van der Waals surface area (Å²) < 4.78 is 0. The molecule has 1 aliphatic carbocycles. The van der Waals surface area contributed by atoms with Crippen molar-refractivity contribution in [2.75, 3.05) is 6.54 Å². The van der Waals surface area contributed by atoms with E-state index in [9.17, 15) is 5.11 Å². The Morgan fingerprint density at radius 1 is 1.50 bits per heavy atom. The lowest BCUT2D eigenvalue weighted by Crippen LogP contribution is -2.48. The highest BCUT2D eigenvalue weighted by Gasteiger charge is 2.23. The van der Waals surface area contributed by atoms with Crippen LogP contribution in [0.5, 0.6) is 0 Å². The lowest BCUT2D eigenvalue weighted by Gasteiger charge is -2.30. The largest absolute Gasteiger partial charge is 0.392 e. The molecule has 12 heavy (non-hydrogen) atoms. The van der Waals surface area contributed by atoms with Gasteiger partial charge in [0, 0.05) is 18.6 Å². The van der Waals surface area contributed by atoms with E-state index in [0.717, 1.165) is 19.3 Å². The first kappa shape index (κ1) is 9.96. The van der Waals surface area contributed by atoms with Crippen molar-refractivity contribution in [3.05, 3.63) is 0 Å². The number of aliphatic hydroxyl groups is 1. The zero-order chi connectivity index (χ0) is 8.97. The summed E-state index contributed by atoms with van der Waals surface area (Å²) in [6.45, 7) is 2.70. The normalized spacial score (nSPS) is 33.2. The molecule has 0 aromatic rings. The summed E-state index contributed by atoms with van der Waals surface area (Å²) in [5.74, 6) is 0. The van der Waals surface area contributed by atoms with Crippen LogP contribution in [-0.4, -0.2) is 29.8 Å². The van der Waals surface area contributed by atoms with Crippen LogP contribution in [0.4, 0.5) is 0 Å². The van der Waals surface area contributed by atoms with Crippen LogP contribution in [0, 0.1) is 0 Å². The molecule has 1 rings (SSSR count). The molecule has 0 aromatic heterocycles. The van der Waals surface area contributed by atoms with Crippen LogP contribution in [-0.2, 0) is 0 Å². The van der Waals surface area contributed by atoms with E-state index in [1.165, 1.54) is 6.42 Å². The van der Waals surface area contributed by atoms with Crippen LogP contribution < -0.4 is 11.1 Å². The predicted octanol–water partition coefficient (Wildman–Crippen LogP) is 0.227. The lowest BCUT2D eigenvalue weighted by molar-refractivity contribution is 0.0865. The summed E-state index contributed by atoms with van der Waals surface area (Å²) in [6, 6.07) is 0.597. The minimum Gasteiger partial charge on any atom is -0.392 e. The molecule has 1 saturated carbocycles. The van der Waals surface area contributed by atoms with Gasteiger partial charge in [0.25, 0.3) is 0 Å². The lowest BCUT2D eigenvalue weighted by atomic mass is 9.92. The third kappa shape index (κ3) is 2.73. The van der Waals surface area contributed by atoms with E-state index in [2.05, 4.69) is 12.2 Å². The van der Waals surface area contributed by atoms with Crippen LogP contribution in [0.25, 0.3) is 0 Å². The number of nitrogens with one attached hydrogen (secondary N) is 1. The minimum atomic E-state index is -0.159. The van der Waals surface area contributed by atoms with E-state index < -0.39 is 0 Å². The van der Waals surface area contributed by atoms with Crippen molar-refractivity contribution in [3.8, 4) is 0 Å². The molecule has 0 bridgehead atoms. The Kier molecular flexibility index (Phi) is 3.98. The molecular weight excluding hydrogens is 152 g/mol. The van der Waals surface area contributed by atoms with E-state index in [1.54, 1.807) is 0 Å². The molecule has 1 aliphatic rings. The second kappa shape index (κ2) is 4.80. The average Bonchev–Trinajstić information content (AvgIpc) is 2.09. The highest BCUT2D eigenvalue weighted by Crippen LogP contribution is 2.18. The number of hydrogen-bond acceptors (Lipinski definition) is 3. The van der Waals surface area contributed by atoms with Gasteiger partial charge in [-0.3, -0.25) is 0 Å². The topological polar surface area (TPSA) is 58.3 Å². The molecule has 72 valence electrons. The first-order valence-electron chi connectivity index (χ1n) is 4.88. The van der Waals surface area contributed by atoms with Crippen molar-refractivity contribution in [3.63, 3.8) is 0 Å². The summed E-state index contributed by atoms with van der Waals surface area (Å²) in [6.07, 6.45) is 4.26. The third-order valence-electron chi connectivity index (χ3n) is 2.58. The zero-order valence-corrected chi connectivity index (χ0v) is 7.79. The number of aliphatic hydroxyl groups excluding tert-OH is 1. The van der Waals surface area contributed by atoms with E-state index in [1.807, 2.05) is 0 Å². The van der Waals surface area contributed by atoms with Crippen LogP contribution in [0.15, 0.2) is 0 Å². The van der Waals surface area contributed by atoms with E-state index in [-0.39, 0.29) is 12.1 Å². The smallest absolute Gasteiger partial charge is 0.0693 e. The standard InChI is InChI=1S/C9H20N2O/c1-7(6-10)11-8-4-2-3-5-9(8)12/h7-9,11-12H,2-6,10H2,1H3. The first-order valence-corrected chi connectivity index (χ1v) is 4.88. The number of hydrogen-bond donors (Lipinski definition) is 3. The Labute approximate surface area is 74.3 Å². The van der Waals surface area contributed by atoms with E-state index >= 15 is 0 Å². The Balaban J connectivity index is 2.28. The average molecular weight is 172 g/mol. The van der Waals surface area contributed by atoms with Crippen molar-refractivity contribution in [1.29, 1.82) is 0 Å². The summed E-state index contributed by atoms with van der Waals surface area (Å²) in [4.78, 5) is 0. The van der Waals surface area contributed by atoms with Gasteiger partial charge in [-0.2, -0.15) is 0 Å². The zero-order valence-electron chi connectivity index (χ0n) is 7.79. The molecule has 3 unspecified atom stereocenters. The number of nitrogens with two attached hydrogens (primary N) is 1. The molecule has 0 amide bonds. The quantitative estimate of drug-likeness (QED) is 0.571. The van der Waals surface area contributed by atoms with Gasteiger partial charge < -0.3 is 16.2 Å². The van der Waals surface area contributed by atoms with Crippen LogP contribution in [0.3, 0.4) is 0 Å². The van der Waals surface area contributed by atoms with E-state index in [4.69, 9.17) is 5.73 Å². The maximum absolute atomic E-state index is 9.61. The molecule has 4 N–H and O–H groups in total. The van der Waals surface area contributed by atoms with Gasteiger partial charge in [-0.15, -0.1) is 0 Å². The monoisotopic (exact) mass is 172 g/mol. The summed E-state index contributed by atoms with van der Waals surface area (Å²) in [7, 11) is 0. The third-order valence-corrected chi connectivity index (χ3v) is 2.58. The van der Waals surface area contributed by atoms with Crippen molar-refractivity contribution in [2.24, 2.45) is 5.73 Å². The van der Waals surface area contributed by atoms with Gasteiger partial charge in [0.1, 0.15) is 0 Å². The van der Waals surface area contributed by atoms with Crippen LogP contribution in [0.1, 0.15) is 32.6 Å². The van der Waals surface area contributed by atoms with Gasteiger partial charge in [0.15, 0.2) is 0 Å². The Bertz CT molecular complexity index is 130. The molecule has 0 radical (unpaired) electrons. The van der Waals surface area contributed by atoms with Gasteiger partial charge in [-0.1, -0.05) is 12.8 Å². The maximum atomic E-state index is 9.61. The van der Waals surface area contributed by atoms with Crippen molar-refractivity contribution in [1.82, 2.24) is 5.32 Å². The second-order valence-electron chi connectivity index (χ2n) is 3.76. The van der Waals surface area contributed by atoms with Crippen LogP contribution in [0.2, 0.25) is 0 Å². The van der Waals surface area contributed by atoms with Crippen molar-refractivity contribution < 1.29 is 5.11 Å². The summed E-state index contributed by atoms with van der Waals surface area (Å²) in [5, 5.41) is 13.0. The van der Waals surface area contributed by atoms with E-state index in [0.29, 0.717) is 12.6 Å². The fourth-order valence-electron chi connectivity index (χ4n) is 1.74. The predicted molar refractivity (Wildman–Crippen MR) is 49.9 cm³/mol. The second-order valence-corrected chi connectivity index (χ2v) is 3.76. The van der Waals surface area contributed by atoms with Crippen molar-refractivity contribution in [2.45, 2.75) is 50.8 Å². The molecule has 0 aromatic carbocycles. The molecule has 0 aliphatic heterocycles. The molecular formula is C9H20N2O. The molecule has 0 heterocycles. The Hall–Kier alpha value is -0.120. The molecule has 3 nitrogen and oxygen atoms in total. The highest BCUT2D eigenvalue weighted by molar-refractivity contribution is 4.82. The SMILES string of the molecule is CC(CN)NC1CCCCC1O. The summed E-state index contributed by atoms with van der Waals surface area (Å²) >= 11 is 0. The Morgan fingerprint density at radius 3 is 2.75 bits per heavy atom. The molecule has 0 saturated heterocycles. The minimum absolute atomic E-state index is 0.159. The fourth-order valence-corrected chi connectivity index (χ4v) is 1.74. The van der Waals surface area contributed by atoms with Crippen LogP contribution >= 0.6 is 0 Å². The molecule has 3 heteroatoms. The maximum Gasteiger partial charge on any atom is 0.0693 e. The highest BCUT2D eigenvalue weighted by atomic mass is 16.3.